The third kappa shape index (κ3) is 7.64. The molecule has 0 radical (unpaired) electrons. The van der Waals surface area contributed by atoms with Crippen LogP contribution in [-0.2, 0) is 16.0 Å². The zero-order chi connectivity index (χ0) is 20.9. The second-order valence-electron chi connectivity index (χ2n) is 7.08. The molecule has 158 valence electrons. The molecule has 29 heavy (non-hydrogen) atoms. The minimum absolute atomic E-state index is 0.0407. The van der Waals surface area contributed by atoms with Crippen LogP contribution >= 0.6 is 0 Å². The molecule has 2 aromatic carbocycles. The lowest BCUT2D eigenvalue weighted by atomic mass is 10.1. The van der Waals surface area contributed by atoms with Crippen molar-refractivity contribution in [1.82, 2.24) is 4.90 Å². The van der Waals surface area contributed by atoms with Crippen LogP contribution in [0.15, 0.2) is 60.7 Å². The van der Waals surface area contributed by atoms with Crippen LogP contribution in [0.5, 0.6) is 0 Å². The summed E-state index contributed by atoms with van der Waals surface area (Å²) in [7, 11) is 0. The van der Waals surface area contributed by atoms with Gasteiger partial charge in [-0.3, -0.25) is 4.79 Å². The minimum Gasteiger partial charge on any atom is -0.375 e. The molecule has 4 nitrogen and oxygen atoms in total. The van der Waals surface area contributed by atoms with Gasteiger partial charge in [-0.15, -0.1) is 0 Å². The van der Waals surface area contributed by atoms with Crippen molar-refractivity contribution in [3.8, 4) is 0 Å². The fourth-order valence-corrected chi connectivity index (χ4v) is 3.57. The van der Waals surface area contributed by atoms with E-state index in [0.29, 0.717) is 13.0 Å². The molecule has 1 fully saturated rings. The normalized spacial score (nSPS) is 17.0. The molecule has 4 heteroatoms. The Morgan fingerprint density at radius 1 is 1.07 bits per heavy atom. The van der Waals surface area contributed by atoms with Gasteiger partial charge in [0.15, 0.2) is 0 Å². The van der Waals surface area contributed by atoms with Gasteiger partial charge in [-0.1, -0.05) is 69.3 Å². The van der Waals surface area contributed by atoms with Gasteiger partial charge in [-0.25, -0.2) is 0 Å². The first-order valence-corrected chi connectivity index (χ1v) is 11.0. The maximum absolute atomic E-state index is 12.5. The summed E-state index contributed by atoms with van der Waals surface area (Å²) in [5.41, 5.74) is 2.32. The summed E-state index contributed by atoms with van der Waals surface area (Å²) >= 11 is 0. The van der Waals surface area contributed by atoms with Crippen molar-refractivity contribution < 1.29 is 9.53 Å². The van der Waals surface area contributed by atoms with Crippen LogP contribution < -0.4 is 4.90 Å². The topological polar surface area (TPSA) is 32.8 Å². The number of rotatable bonds is 7. The Morgan fingerprint density at radius 3 is 2.38 bits per heavy atom. The van der Waals surface area contributed by atoms with E-state index in [1.807, 2.05) is 56.0 Å². The van der Waals surface area contributed by atoms with Crippen molar-refractivity contribution in [3.05, 3.63) is 66.2 Å². The van der Waals surface area contributed by atoms with E-state index in [1.165, 1.54) is 5.56 Å². The Hall–Kier alpha value is -2.17. The van der Waals surface area contributed by atoms with Gasteiger partial charge in [-0.2, -0.15) is 0 Å². The van der Waals surface area contributed by atoms with E-state index in [2.05, 4.69) is 35.2 Å². The fourth-order valence-electron chi connectivity index (χ4n) is 3.57. The molecule has 0 aromatic heterocycles. The van der Waals surface area contributed by atoms with Crippen molar-refractivity contribution in [3.63, 3.8) is 0 Å². The molecule has 1 saturated heterocycles. The van der Waals surface area contributed by atoms with Crippen LogP contribution in [-0.4, -0.2) is 49.7 Å². The van der Waals surface area contributed by atoms with Crippen LogP contribution in [0.1, 0.15) is 39.2 Å². The second-order valence-corrected chi connectivity index (χ2v) is 7.08. The summed E-state index contributed by atoms with van der Waals surface area (Å²) in [5, 5.41) is 0. The van der Waals surface area contributed by atoms with Crippen LogP contribution in [0.3, 0.4) is 0 Å². The van der Waals surface area contributed by atoms with Crippen molar-refractivity contribution in [2.24, 2.45) is 0 Å². The van der Waals surface area contributed by atoms with Crippen LogP contribution in [0.25, 0.3) is 0 Å². The monoisotopic (exact) mass is 396 g/mol. The largest absolute Gasteiger partial charge is 0.375 e. The molecule has 0 bridgehead atoms. The average Bonchev–Trinajstić information content (AvgIpc) is 3.03. The van der Waals surface area contributed by atoms with Gasteiger partial charge in [0.05, 0.1) is 12.6 Å². The summed E-state index contributed by atoms with van der Waals surface area (Å²) < 4.78 is 6.10. The second kappa shape index (κ2) is 13.1. The molecule has 1 heterocycles. The van der Waals surface area contributed by atoms with Gasteiger partial charge >= 0.3 is 0 Å². The van der Waals surface area contributed by atoms with Crippen molar-refractivity contribution in [2.75, 3.05) is 37.7 Å². The molecule has 2 aromatic rings. The maximum Gasteiger partial charge on any atom is 0.226 e. The average molecular weight is 397 g/mol. The lowest BCUT2D eigenvalue weighted by molar-refractivity contribution is -0.118. The molecule has 1 aliphatic heterocycles. The summed E-state index contributed by atoms with van der Waals surface area (Å²) in [6.07, 6.45) is 2.63. The zero-order valence-electron chi connectivity index (χ0n) is 18.2. The molecule has 1 unspecified atom stereocenters. The summed E-state index contributed by atoms with van der Waals surface area (Å²) in [4.78, 5) is 16.9. The molecule has 1 amide bonds. The Kier molecular flexibility index (Phi) is 10.5. The highest BCUT2D eigenvalue weighted by Crippen LogP contribution is 2.17. The molecule has 1 atom stereocenters. The first-order valence-electron chi connectivity index (χ1n) is 11.0. The Balaban J connectivity index is 0.00000145. The number of para-hydroxylation sites is 1. The highest BCUT2D eigenvalue weighted by Gasteiger charge is 2.24. The molecule has 0 spiro atoms. The minimum atomic E-state index is 0.0407. The summed E-state index contributed by atoms with van der Waals surface area (Å²) in [6, 6.07) is 20.5. The number of hydrogen-bond donors (Lipinski definition) is 0. The predicted molar refractivity (Wildman–Crippen MR) is 121 cm³/mol. The van der Waals surface area contributed by atoms with E-state index in [0.717, 1.165) is 44.8 Å². The molecule has 1 aliphatic rings. The van der Waals surface area contributed by atoms with E-state index in [-0.39, 0.29) is 12.0 Å². The fraction of sp³-hybridized carbons (Fsp3) is 0.480. The third-order valence-corrected chi connectivity index (χ3v) is 5.05. The highest BCUT2D eigenvalue weighted by atomic mass is 16.5. The van der Waals surface area contributed by atoms with Gasteiger partial charge in [-0.05, 0) is 30.5 Å². The van der Waals surface area contributed by atoms with Crippen molar-refractivity contribution >= 4 is 11.6 Å². The van der Waals surface area contributed by atoms with Crippen molar-refractivity contribution in [2.45, 2.75) is 46.1 Å². The third-order valence-electron chi connectivity index (χ3n) is 5.05. The van der Waals surface area contributed by atoms with Gasteiger partial charge in [0.2, 0.25) is 5.91 Å². The van der Waals surface area contributed by atoms with Gasteiger partial charge in [0, 0.05) is 38.3 Å². The number of carbonyl (C=O) groups excluding carboxylic acids is 1. The first kappa shape index (κ1) is 23.1. The van der Waals surface area contributed by atoms with Crippen molar-refractivity contribution in [1.29, 1.82) is 0 Å². The number of nitrogens with zero attached hydrogens (tertiary/aromatic N) is 2. The molecule has 0 aliphatic carbocycles. The van der Waals surface area contributed by atoms with Crippen LogP contribution in [0.4, 0.5) is 5.69 Å². The quantitative estimate of drug-likeness (QED) is 0.675. The van der Waals surface area contributed by atoms with E-state index in [9.17, 15) is 4.79 Å². The number of ether oxygens (including phenoxy) is 1. The molecule has 0 saturated carbocycles. The number of hydrogen-bond acceptors (Lipinski definition) is 3. The Bertz CT molecular complexity index is 690. The maximum atomic E-state index is 12.5. The first-order chi connectivity index (χ1) is 14.3. The summed E-state index contributed by atoms with van der Waals surface area (Å²) in [5.74, 6) is 0.143. The molecular formula is C25H36N2O2. The predicted octanol–water partition coefficient (Wildman–Crippen LogP) is 4.79. The standard InChI is InChI=1S/C23H30N2O2.C2H6/c1-2-23(26)25(21-12-7-4-8-13-21)19-22-18-24(15-9-17-27-22)16-14-20-10-5-3-6-11-20;1-2/h3-8,10-13,22H,2,9,14-19H2,1H3;1-2H3. The summed E-state index contributed by atoms with van der Waals surface area (Å²) in [6.45, 7) is 10.2. The molecular weight excluding hydrogens is 360 g/mol. The highest BCUT2D eigenvalue weighted by molar-refractivity contribution is 5.93. The SMILES string of the molecule is CC.CCC(=O)N(CC1CN(CCc2ccccc2)CCCO1)c1ccccc1. The number of anilines is 1. The zero-order valence-corrected chi connectivity index (χ0v) is 18.2. The van der Waals surface area contributed by atoms with E-state index < -0.39 is 0 Å². The molecule has 3 rings (SSSR count). The lowest BCUT2D eigenvalue weighted by Gasteiger charge is -2.29. The smallest absolute Gasteiger partial charge is 0.226 e. The van der Waals surface area contributed by atoms with Gasteiger partial charge in [0.25, 0.3) is 0 Å². The molecule has 0 N–H and O–H groups in total. The van der Waals surface area contributed by atoms with E-state index >= 15 is 0 Å². The number of benzene rings is 2. The van der Waals surface area contributed by atoms with Gasteiger partial charge < -0.3 is 14.5 Å². The van der Waals surface area contributed by atoms with E-state index in [4.69, 9.17) is 4.74 Å². The number of carbonyl (C=O) groups is 1. The van der Waals surface area contributed by atoms with E-state index in [1.54, 1.807) is 0 Å². The van der Waals surface area contributed by atoms with Crippen LogP contribution in [0, 0.1) is 0 Å². The Labute approximate surface area is 176 Å². The van der Waals surface area contributed by atoms with Gasteiger partial charge in [0.1, 0.15) is 0 Å². The number of amides is 1. The Morgan fingerprint density at radius 2 is 1.72 bits per heavy atom. The lowest BCUT2D eigenvalue weighted by Crippen LogP contribution is -2.43. The van der Waals surface area contributed by atoms with Crippen LogP contribution in [0.2, 0.25) is 0 Å².